The summed E-state index contributed by atoms with van der Waals surface area (Å²) in [5, 5.41) is 0. The lowest BCUT2D eigenvalue weighted by molar-refractivity contribution is 0.240. The summed E-state index contributed by atoms with van der Waals surface area (Å²) in [6, 6.07) is 6.42. The van der Waals surface area contributed by atoms with Crippen LogP contribution in [-0.4, -0.2) is 21.4 Å². The van der Waals surface area contributed by atoms with Gasteiger partial charge in [-0.25, -0.2) is 0 Å². The molecule has 5 heteroatoms. The van der Waals surface area contributed by atoms with E-state index in [1.54, 1.807) is 0 Å². The van der Waals surface area contributed by atoms with Crippen molar-refractivity contribution in [2.45, 2.75) is 33.4 Å². The number of hydrogen-bond acceptors (Lipinski definition) is 3. The highest BCUT2D eigenvalue weighted by atomic mass is 32.1. The highest BCUT2D eigenvalue weighted by Gasteiger charge is 2.20. The Bertz CT molecular complexity index is 791. The van der Waals surface area contributed by atoms with Gasteiger partial charge in [0, 0.05) is 30.9 Å². The third-order valence-corrected chi connectivity index (χ3v) is 4.50. The molecule has 1 aromatic heterocycles. The van der Waals surface area contributed by atoms with Crippen molar-refractivity contribution in [3.8, 4) is 0 Å². The van der Waals surface area contributed by atoms with Gasteiger partial charge in [-0.2, -0.15) is 0 Å². The minimum absolute atomic E-state index is 0.0415. The molecule has 21 heavy (non-hydrogen) atoms. The molecular weight excluding hydrogens is 282 g/mol. The molecule has 0 fully saturated rings. The molecule has 4 nitrogen and oxygen atoms in total. The summed E-state index contributed by atoms with van der Waals surface area (Å²) in [7, 11) is 0. The van der Waals surface area contributed by atoms with Gasteiger partial charge in [0.25, 0.3) is 5.56 Å². The first-order valence-electron chi connectivity index (χ1n) is 7.16. The Labute approximate surface area is 128 Å². The summed E-state index contributed by atoms with van der Waals surface area (Å²) in [5.74, 6) is 0. The number of aryl methyl sites for hydroxylation is 1. The molecule has 3 rings (SSSR count). The first-order chi connectivity index (χ1) is 10.0. The second-order valence-corrected chi connectivity index (χ2v) is 6.09. The maximum Gasteiger partial charge on any atom is 0.255 e. The molecular formula is C16H19N3OS. The predicted molar refractivity (Wildman–Crippen MR) is 86.0 cm³/mol. The van der Waals surface area contributed by atoms with Gasteiger partial charge >= 0.3 is 0 Å². The number of hydrogen-bond donors (Lipinski definition) is 2. The number of fused-ring (bicyclic) bond motifs is 1. The van der Waals surface area contributed by atoms with Crippen LogP contribution >= 0.6 is 12.2 Å². The number of aromatic amines is 2. The van der Waals surface area contributed by atoms with E-state index in [4.69, 9.17) is 12.2 Å². The number of aromatic nitrogens is 2. The number of H-pyrrole nitrogens is 2. The summed E-state index contributed by atoms with van der Waals surface area (Å²) in [4.78, 5) is 20.0. The second-order valence-electron chi connectivity index (χ2n) is 5.69. The zero-order valence-electron chi connectivity index (χ0n) is 12.3. The SMILES string of the molecule is Cc1cccc(CN2CCc3c([nH]c(=S)[nH]c3=O)C2)c1C. The Hall–Kier alpha value is -1.72. The van der Waals surface area contributed by atoms with Gasteiger partial charge in [-0.15, -0.1) is 0 Å². The lowest BCUT2D eigenvalue weighted by Gasteiger charge is -2.28. The molecule has 110 valence electrons. The standard InChI is InChI=1S/C16H19N3OS/c1-10-4-3-5-12(11(10)2)8-19-7-6-13-14(9-19)17-16(21)18-15(13)20/h3-5H,6-9H2,1-2H3,(H2,17,18,20,21). The Morgan fingerprint density at radius 3 is 2.90 bits per heavy atom. The Balaban J connectivity index is 1.85. The molecule has 0 aliphatic carbocycles. The van der Waals surface area contributed by atoms with Crippen molar-refractivity contribution in [1.82, 2.24) is 14.9 Å². The summed E-state index contributed by atoms with van der Waals surface area (Å²) < 4.78 is 0.410. The van der Waals surface area contributed by atoms with Crippen molar-refractivity contribution < 1.29 is 0 Å². The van der Waals surface area contributed by atoms with E-state index in [9.17, 15) is 4.79 Å². The van der Waals surface area contributed by atoms with Gasteiger partial charge in [-0.05, 0) is 49.2 Å². The van der Waals surface area contributed by atoms with Gasteiger partial charge in [0.2, 0.25) is 0 Å². The zero-order chi connectivity index (χ0) is 15.0. The Morgan fingerprint density at radius 2 is 2.10 bits per heavy atom. The van der Waals surface area contributed by atoms with E-state index in [-0.39, 0.29) is 5.56 Å². The summed E-state index contributed by atoms with van der Waals surface area (Å²) in [5.41, 5.74) is 5.78. The first kappa shape index (κ1) is 14.2. The van der Waals surface area contributed by atoms with Crippen LogP contribution in [0.4, 0.5) is 0 Å². The average molecular weight is 301 g/mol. The van der Waals surface area contributed by atoms with Crippen molar-refractivity contribution >= 4 is 12.2 Å². The molecule has 1 aliphatic heterocycles. The fourth-order valence-electron chi connectivity index (χ4n) is 2.89. The molecule has 0 bridgehead atoms. The number of nitrogens with one attached hydrogen (secondary N) is 2. The van der Waals surface area contributed by atoms with Gasteiger partial charge in [0.1, 0.15) is 0 Å². The fourth-order valence-corrected chi connectivity index (χ4v) is 3.11. The predicted octanol–water partition coefficient (Wildman–Crippen LogP) is 2.61. The van der Waals surface area contributed by atoms with E-state index >= 15 is 0 Å². The average Bonchev–Trinajstić information content (AvgIpc) is 2.43. The monoisotopic (exact) mass is 301 g/mol. The number of rotatable bonds is 2. The third-order valence-electron chi connectivity index (χ3n) is 4.30. The Kier molecular flexibility index (Phi) is 3.78. The number of nitrogens with zero attached hydrogens (tertiary/aromatic N) is 1. The normalized spacial score (nSPS) is 15.0. The maximum atomic E-state index is 11.9. The summed E-state index contributed by atoms with van der Waals surface area (Å²) in [6.07, 6.45) is 0.766. The molecule has 0 radical (unpaired) electrons. The van der Waals surface area contributed by atoms with Crippen molar-refractivity contribution in [2.24, 2.45) is 0 Å². The van der Waals surface area contributed by atoms with Gasteiger partial charge in [0.15, 0.2) is 4.77 Å². The maximum absolute atomic E-state index is 11.9. The van der Waals surface area contributed by atoms with E-state index in [0.717, 1.165) is 37.3 Å². The van der Waals surface area contributed by atoms with Crippen LogP contribution < -0.4 is 5.56 Å². The lowest BCUT2D eigenvalue weighted by Crippen LogP contribution is -2.35. The molecule has 2 heterocycles. The van der Waals surface area contributed by atoms with Crippen LogP contribution in [0.1, 0.15) is 27.9 Å². The molecule has 2 aromatic rings. The van der Waals surface area contributed by atoms with Crippen LogP contribution in [0.25, 0.3) is 0 Å². The Morgan fingerprint density at radius 1 is 1.29 bits per heavy atom. The summed E-state index contributed by atoms with van der Waals surface area (Å²) >= 11 is 5.06. The zero-order valence-corrected chi connectivity index (χ0v) is 13.1. The molecule has 2 N–H and O–H groups in total. The van der Waals surface area contributed by atoms with Crippen molar-refractivity contribution in [3.05, 3.63) is 61.3 Å². The highest BCUT2D eigenvalue weighted by Crippen LogP contribution is 2.19. The van der Waals surface area contributed by atoms with Crippen LogP contribution in [-0.2, 0) is 19.5 Å². The number of benzene rings is 1. The highest BCUT2D eigenvalue weighted by molar-refractivity contribution is 7.71. The van der Waals surface area contributed by atoms with E-state index in [1.807, 2.05) is 0 Å². The van der Waals surface area contributed by atoms with Crippen molar-refractivity contribution in [3.63, 3.8) is 0 Å². The van der Waals surface area contributed by atoms with Gasteiger partial charge in [0.05, 0.1) is 0 Å². The van der Waals surface area contributed by atoms with E-state index in [0.29, 0.717) is 4.77 Å². The van der Waals surface area contributed by atoms with Gasteiger partial charge in [-0.1, -0.05) is 18.2 Å². The molecule has 1 aromatic carbocycles. The third kappa shape index (κ3) is 2.84. The molecule has 0 saturated carbocycles. The molecule has 0 atom stereocenters. The van der Waals surface area contributed by atoms with Crippen LogP contribution in [0, 0.1) is 18.6 Å². The van der Waals surface area contributed by atoms with Crippen molar-refractivity contribution in [2.75, 3.05) is 6.54 Å². The first-order valence-corrected chi connectivity index (χ1v) is 7.57. The van der Waals surface area contributed by atoms with E-state index in [1.165, 1.54) is 16.7 Å². The molecule has 0 amide bonds. The van der Waals surface area contributed by atoms with Crippen molar-refractivity contribution in [1.29, 1.82) is 0 Å². The van der Waals surface area contributed by atoms with Crippen LogP contribution in [0.2, 0.25) is 0 Å². The fraction of sp³-hybridized carbons (Fsp3) is 0.375. The van der Waals surface area contributed by atoms with E-state index in [2.05, 4.69) is 46.9 Å². The largest absolute Gasteiger partial charge is 0.334 e. The van der Waals surface area contributed by atoms with Crippen LogP contribution in [0.5, 0.6) is 0 Å². The molecule has 1 aliphatic rings. The lowest BCUT2D eigenvalue weighted by atomic mass is 10.0. The molecule has 0 spiro atoms. The van der Waals surface area contributed by atoms with Crippen LogP contribution in [0.3, 0.4) is 0 Å². The smallest absolute Gasteiger partial charge is 0.255 e. The van der Waals surface area contributed by atoms with Gasteiger partial charge in [-0.3, -0.25) is 14.7 Å². The van der Waals surface area contributed by atoms with Gasteiger partial charge < -0.3 is 4.98 Å². The minimum atomic E-state index is -0.0415. The molecule has 0 saturated heterocycles. The topological polar surface area (TPSA) is 51.9 Å². The van der Waals surface area contributed by atoms with Crippen LogP contribution in [0.15, 0.2) is 23.0 Å². The minimum Gasteiger partial charge on any atom is -0.334 e. The summed E-state index contributed by atoms with van der Waals surface area (Å²) in [6.45, 7) is 6.85. The van der Waals surface area contributed by atoms with E-state index < -0.39 is 0 Å². The molecule has 0 unspecified atom stereocenters. The quantitative estimate of drug-likeness (QED) is 0.838. The second kappa shape index (κ2) is 5.58.